The molecule has 10 heteroatoms. The number of fused-ring (bicyclic) bond motifs is 2. The first-order chi connectivity index (χ1) is 17.3. The summed E-state index contributed by atoms with van der Waals surface area (Å²) >= 11 is 6.05. The molecule has 36 heavy (non-hydrogen) atoms. The molecule has 0 spiro atoms. The Morgan fingerprint density at radius 3 is 2.75 bits per heavy atom. The number of hydrogen-bond donors (Lipinski definition) is 1. The van der Waals surface area contributed by atoms with Crippen molar-refractivity contribution in [1.29, 1.82) is 5.26 Å². The number of esters is 1. The Kier molecular flexibility index (Phi) is 5.59. The standard InChI is InChI=1S/C26H16ClN3O6/c1-13-19-10-15(27)5-8-21(19)35-24(13)26(31)34-17-6-7-18-22(11-17)36-25(29)20(12-28)23(18)14-3-2-4-16(9-14)30(32)33/h2-11,23H,29H2,1H3. The highest BCUT2D eigenvalue weighted by molar-refractivity contribution is 6.31. The molecule has 1 aliphatic heterocycles. The summed E-state index contributed by atoms with van der Waals surface area (Å²) in [7, 11) is 0. The van der Waals surface area contributed by atoms with Gasteiger partial charge in [-0.1, -0.05) is 29.8 Å². The molecule has 0 radical (unpaired) electrons. The maximum atomic E-state index is 12.9. The average Bonchev–Trinajstić information content (AvgIpc) is 3.19. The molecule has 1 aromatic heterocycles. The van der Waals surface area contributed by atoms with Crippen LogP contribution in [0, 0.1) is 28.4 Å². The summed E-state index contributed by atoms with van der Waals surface area (Å²) in [5, 5.41) is 22.2. The van der Waals surface area contributed by atoms with Gasteiger partial charge in [0.25, 0.3) is 5.69 Å². The lowest BCUT2D eigenvalue weighted by molar-refractivity contribution is -0.384. The minimum atomic E-state index is -0.716. The number of benzene rings is 3. The molecule has 1 atom stereocenters. The van der Waals surface area contributed by atoms with Crippen LogP contribution in [0.15, 0.2) is 76.5 Å². The average molecular weight is 502 g/mol. The number of nitrogens with two attached hydrogens (primary N) is 1. The molecular weight excluding hydrogens is 486 g/mol. The third kappa shape index (κ3) is 3.89. The number of nitro groups is 1. The number of rotatable bonds is 4. The number of carbonyl (C=O) groups excluding carboxylic acids is 1. The Morgan fingerprint density at radius 1 is 1.19 bits per heavy atom. The van der Waals surface area contributed by atoms with E-state index in [9.17, 15) is 20.2 Å². The topological polar surface area (TPSA) is 142 Å². The Labute approximate surface area is 209 Å². The molecule has 1 unspecified atom stereocenters. The molecule has 4 aromatic rings. The number of non-ortho nitro benzene ring substituents is 1. The second-order valence-corrected chi connectivity index (χ2v) is 8.50. The number of carbonyl (C=O) groups is 1. The van der Waals surface area contributed by atoms with E-state index < -0.39 is 16.8 Å². The van der Waals surface area contributed by atoms with Crippen LogP contribution in [0.5, 0.6) is 11.5 Å². The van der Waals surface area contributed by atoms with E-state index in [1.54, 1.807) is 37.3 Å². The van der Waals surface area contributed by atoms with Gasteiger partial charge in [-0.25, -0.2) is 4.79 Å². The summed E-state index contributed by atoms with van der Waals surface area (Å²) in [6.45, 7) is 1.73. The predicted molar refractivity (Wildman–Crippen MR) is 130 cm³/mol. The third-order valence-electron chi connectivity index (χ3n) is 5.90. The van der Waals surface area contributed by atoms with Gasteiger partial charge >= 0.3 is 5.97 Å². The lowest BCUT2D eigenvalue weighted by Crippen LogP contribution is -2.21. The van der Waals surface area contributed by atoms with Crippen molar-refractivity contribution < 1.29 is 23.6 Å². The van der Waals surface area contributed by atoms with Crippen molar-refractivity contribution in [2.45, 2.75) is 12.8 Å². The van der Waals surface area contributed by atoms with Crippen molar-refractivity contribution in [3.63, 3.8) is 0 Å². The minimum absolute atomic E-state index is 0.0338. The fraction of sp³-hybridized carbons (Fsp3) is 0.0769. The highest BCUT2D eigenvalue weighted by Gasteiger charge is 2.32. The van der Waals surface area contributed by atoms with Crippen LogP contribution in [0.4, 0.5) is 5.69 Å². The Morgan fingerprint density at radius 2 is 2.00 bits per heavy atom. The molecule has 0 aliphatic carbocycles. The van der Waals surface area contributed by atoms with E-state index in [-0.39, 0.29) is 34.4 Å². The first-order valence-electron chi connectivity index (χ1n) is 10.6. The normalized spacial score (nSPS) is 14.6. The Hall–Kier alpha value is -4.81. The SMILES string of the molecule is Cc1c(C(=O)Oc2ccc3c(c2)OC(N)=C(C#N)C3c2cccc([N+](=O)[O-])c2)oc2ccc(Cl)cc12. The van der Waals surface area contributed by atoms with Gasteiger partial charge in [-0.3, -0.25) is 10.1 Å². The van der Waals surface area contributed by atoms with Crippen molar-refractivity contribution in [3.8, 4) is 17.6 Å². The predicted octanol–water partition coefficient (Wildman–Crippen LogP) is 5.74. The Bertz CT molecular complexity index is 1650. The molecule has 178 valence electrons. The zero-order chi connectivity index (χ0) is 25.6. The van der Waals surface area contributed by atoms with Gasteiger partial charge in [-0.15, -0.1) is 0 Å². The fourth-order valence-corrected chi connectivity index (χ4v) is 4.37. The van der Waals surface area contributed by atoms with Crippen LogP contribution in [-0.2, 0) is 0 Å². The summed E-state index contributed by atoms with van der Waals surface area (Å²) in [6, 6.07) is 17.6. The van der Waals surface area contributed by atoms with Crippen LogP contribution >= 0.6 is 11.6 Å². The number of nitriles is 1. The van der Waals surface area contributed by atoms with E-state index in [0.717, 1.165) is 0 Å². The Balaban J connectivity index is 1.50. The molecule has 0 saturated carbocycles. The van der Waals surface area contributed by atoms with Gasteiger partial charge < -0.3 is 19.6 Å². The van der Waals surface area contributed by atoms with E-state index >= 15 is 0 Å². The van der Waals surface area contributed by atoms with Gasteiger partial charge in [0.1, 0.15) is 28.7 Å². The highest BCUT2D eigenvalue weighted by atomic mass is 35.5. The van der Waals surface area contributed by atoms with Crippen LogP contribution < -0.4 is 15.2 Å². The van der Waals surface area contributed by atoms with Gasteiger partial charge in [-0.05, 0) is 36.8 Å². The number of furan rings is 1. The van der Waals surface area contributed by atoms with Crippen molar-refractivity contribution in [1.82, 2.24) is 0 Å². The number of hydrogen-bond acceptors (Lipinski definition) is 8. The van der Waals surface area contributed by atoms with Crippen LogP contribution in [0.25, 0.3) is 11.0 Å². The molecular formula is C26H16ClN3O6. The largest absolute Gasteiger partial charge is 0.449 e. The summed E-state index contributed by atoms with van der Waals surface area (Å²) in [4.78, 5) is 23.6. The first-order valence-corrected chi connectivity index (χ1v) is 11.0. The zero-order valence-corrected chi connectivity index (χ0v) is 19.4. The van der Waals surface area contributed by atoms with E-state index in [1.807, 2.05) is 6.07 Å². The maximum absolute atomic E-state index is 12.9. The van der Waals surface area contributed by atoms with Crippen LogP contribution in [0.2, 0.25) is 5.02 Å². The van der Waals surface area contributed by atoms with E-state index in [4.69, 9.17) is 31.2 Å². The number of allylic oxidation sites excluding steroid dienone is 1. The van der Waals surface area contributed by atoms with Crippen molar-refractivity contribution in [3.05, 3.63) is 110 Å². The summed E-state index contributed by atoms with van der Waals surface area (Å²) in [6.07, 6.45) is 0. The van der Waals surface area contributed by atoms with Gasteiger partial charge in [0, 0.05) is 39.7 Å². The van der Waals surface area contributed by atoms with Crippen LogP contribution in [-0.4, -0.2) is 10.9 Å². The molecule has 0 amide bonds. The molecule has 0 bridgehead atoms. The van der Waals surface area contributed by atoms with Crippen LogP contribution in [0.3, 0.4) is 0 Å². The third-order valence-corrected chi connectivity index (χ3v) is 6.13. The lowest BCUT2D eigenvalue weighted by atomic mass is 9.83. The number of halogens is 1. The molecule has 9 nitrogen and oxygen atoms in total. The summed E-state index contributed by atoms with van der Waals surface area (Å²) < 4.78 is 16.8. The molecule has 5 rings (SSSR count). The maximum Gasteiger partial charge on any atom is 0.379 e. The smallest absolute Gasteiger partial charge is 0.379 e. The van der Waals surface area contributed by atoms with Gasteiger partial charge in [0.05, 0.1) is 10.8 Å². The molecule has 2 heterocycles. The number of nitro benzene ring substituents is 1. The molecule has 0 saturated heterocycles. The summed E-state index contributed by atoms with van der Waals surface area (Å²) in [5.41, 5.74) is 8.13. The monoisotopic (exact) mass is 501 g/mol. The van der Waals surface area contributed by atoms with E-state index in [2.05, 4.69) is 0 Å². The molecule has 0 fully saturated rings. The fourth-order valence-electron chi connectivity index (χ4n) is 4.20. The van der Waals surface area contributed by atoms with Gasteiger partial charge in [0.15, 0.2) is 0 Å². The number of ether oxygens (including phenoxy) is 2. The number of aryl methyl sites for hydroxylation is 1. The second-order valence-electron chi connectivity index (χ2n) is 8.06. The van der Waals surface area contributed by atoms with Gasteiger partial charge in [0.2, 0.25) is 11.6 Å². The summed E-state index contributed by atoms with van der Waals surface area (Å²) in [5.74, 6) is -1.12. The first kappa shape index (κ1) is 23.0. The van der Waals surface area contributed by atoms with Crippen molar-refractivity contribution in [2.24, 2.45) is 5.73 Å². The number of nitrogens with zero attached hydrogens (tertiary/aromatic N) is 2. The van der Waals surface area contributed by atoms with Crippen molar-refractivity contribution >= 4 is 34.2 Å². The van der Waals surface area contributed by atoms with E-state index in [1.165, 1.54) is 30.3 Å². The zero-order valence-electron chi connectivity index (χ0n) is 18.7. The highest BCUT2D eigenvalue weighted by Crippen LogP contribution is 2.44. The van der Waals surface area contributed by atoms with Gasteiger partial charge in [-0.2, -0.15) is 5.26 Å². The lowest BCUT2D eigenvalue weighted by Gasteiger charge is -2.26. The molecule has 1 aliphatic rings. The van der Waals surface area contributed by atoms with E-state index in [0.29, 0.717) is 32.7 Å². The molecule has 3 aromatic carbocycles. The minimum Gasteiger partial charge on any atom is -0.449 e. The second kappa shape index (κ2) is 8.76. The quantitative estimate of drug-likeness (QED) is 0.161. The van der Waals surface area contributed by atoms with Crippen LogP contribution in [0.1, 0.15) is 33.2 Å². The molecule has 2 N–H and O–H groups in total. The van der Waals surface area contributed by atoms with Crippen molar-refractivity contribution in [2.75, 3.05) is 0 Å².